The number of aliphatic hydroxyl groups excluding tert-OH is 1. The minimum atomic E-state index is -0.671. The summed E-state index contributed by atoms with van der Waals surface area (Å²) in [5, 5.41) is 10.3. The Kier molecular flexibility index (Phi) is 3.16. The molecule has 1 saturated heterocycles. The number of aromatic nitrogens is 1. The summed E-state index contributed by atoms with van der Waals surface area (Å²) in [5.74, 6) is -0.393. The molecule has 0 spiro atoms. The van der Waals surface area contributed by atoms with Crippen LogP contribution in [0, 0.1) is 0 Å². The van der Waals surface area contributed by atoms with E-state index in [-0.39, 0.29) is 6.10 Å². The Morgan fingerprint density at radius 2 is 2.26 bits per heavy atom. The predicted molar refractivity (Wildman–Crippen MR) is 70.0 cm³/mol. The highest BCUT2D eigenvalue weighted by Gasteiger charge is 2.24. The molecule has 0 radical (unpaired) electrons. The van der Waals surface area contributed by atoms with Crippen molar-refractivity contribution in [1.82, 2.24) is 4.57 Å². The standard InChI is InChI=1S/C14H17NO4/c1-15-10-6-5-9(8-12(10)19-14(15)17)13(16)11-4-2-3-7-18-11/h5-6,8,11,13,16H,2-4,7H2,1H3. The normalized spacial score (nSPS) is 21.7. The second-order valence-electron chi connectivity index (χ2n) is 5.00. The van der Waals surface area contributed by atoms with Gasteiger partial charge in [-0.25, -0.2) is 4.79 Å². The molecule has 1 aliphatic rings. The van der Waals surface area contributed by atoms with Gasteiger partial charge < -0.3 is 14.3 Å². The van der Waals surface area contributed by atoms with E-state index in [2.05, 4.69) is 0 Å². The summed E-state index contributed by atoms with van der Waals surface area (Å²) in [6.45, 7) is 0.699. The van der Waals surface area contributed by atoms with Gasteiger partial charge in [-0.1, -0.05) is 6.07 Å². The lowest BCUT2D eigenvalue weighted by atomic mass is 9.98. The maximum atomic E-state index is 11.4. The van der Waals surface area contributed by atoms with E-state index in [1.54, 1.807) is 19.2 Å². The van der Waals surface area contributed by atoms with Crippen LogP contribution in [-0.4, -0.2) is 22.4 Å². The Morgan fingerprint density at radius 3 is 3.00 bits per heavy atom. The second kappa shape index (κ2) is 4.83. The number of rotatable bonds is 2. The number of nitrogens with zero attached hydrogens (tertiary/aromatic N) is 1. The van der Waals surface area contributed by atoms with Gasteiger partial charge in [0.2, 0.25) is 0 Å². The fourth-order valence-corrected chi connectivity index (χ4v) is 2.56. The van der Waals surface area contributed by atoms with Gasteiger partial charge in [0.05, 0.1) is 11.6 Å². The molecule has 5 nitrogen and oxygen atoms in total. The van der Waals surface area contributed by atoms with Gasteiger partial charge in [-0.05, 0) is 37.0 Å². The Bertz CT molecular complexity index is 636. The van der Waals surface area contributed by atoms with Crippen molar-refractivity contribution in [2.45, 2.75) is 31.5 Å². The Hall–Kier alpha value is -1.59. The third-order valence-corrected chi connectivity index (χ3v) is 3.72. The smallest absolute Gasteiger partial charge is 0.408 e. The van der Waals surface area contributed by atoms with Crippen LogP contribution in [0.1, 0.15) is 30.9 Å². The second-order valence-corrected chi connectivity index (χ2v) is 5.00. The maximum Gasteiger partial charge on any atom is 0.419 e. The summed E-state index contributed by atoms with van der Waals surface area (Å²) in [5.41, 5.74) is 1.96. The first kappa shape index (κ1) is 12.4. The van der Waals surface area contributed by atoms with E-state index in [4.69, 9.17) is 9.15 Å². The van der Waals surface area contributed by atoms with Crippen molar-refractivity contribution in [3.8, 4) is 0 Å². The molecule has 102 valence electrons. The van der Waals surface area contributed by atoms with Crippen molar-refractivity contribution in [1.29, 1.82) is 0 Å². The minimum Gasteiger partial charge on any atom is -0.408 e. The highest BCUT2D eigenvalue weighted by molar-refractivity contribution is 5.73. The van der Waals surface area contributed by atoms with Crippen LogP contribution < -0.4 is 5.76 Å². The van der Waals surface area contributed by atoms with Crippen molar-refractivity contribution < 1.29 is 14.3 Å². The van der Waals surface area contributed by atoms with Crippen LogP contribution in [0.3, 0.4) is 0 Å². The zero-order chi connectivity index (χ0) is 13.4. The molecule has 1 fully saturated rings. The molecule has 19 heavy (non-hydrogen) atoms. The van der Waals surface area contributed by atoms with Crippen LogP contribution in [0.4, 0.5) is 0 Å². The minimum absolute atomic E-state index is 0.165. The maximum absolute atomic E-state index is 11.4. The molecule has 1 N–H and O–H groups in total. The zero-order valence-corrected chi connectivity index (χ0v) is 10.8. The Labute approximate surface area is 110 Å². The lowest BCUT2D eigenvalue weighted by molar-refractivity contribution is -0.0633. The highest BCUT2D eigenvalue weighted by atomic mass is 16.5. The van der Waals surface area contributed by atoms with Crippen LogP contribution in [0.25, 0.3) is 11.1 Å². The average molecular weight is 263 g/mol. The molecule has 1 aromatic carbocycles. The van der Waals surface area contributed by atoms with Crippen LogP contribution in [0.15, 0.2) is 27.4 Å². The van der Waals surface area contributed by atoms with Crippen molar-refractivity contribution >= 4 is 11.1 Å². The molecule has 2 unspecified atom stereocenters. The van der Waals surface area contributed by atoms with Gasteiger partial charge in [0.25, 0.3) is 0 Å². The van der Waals surface area contributed by atoms with E-state index in [0.717, 1.165) is 30.3 Å². The van der Waals surface area contributed by atoms with Gasteiger partial charge in [0.1, 0.15) is 6.10 Å². The van der Waals surface area contributed by atoms with Crippen molar-refractivity contribution in [3.63, 3.8) is 0 Å². The number of hydrogen-bond acceptors (Lipinski definition) is 4. The Balaban J connectivity index is 1.94. The summed E-state index contributed by atoms with van der Waals surface area (Å²) in [4.78, 5) is 11.4. The highest BCUT2D eigenvalue weighted by Crippen LogP contribution is 2.28. The van der Waals surface area contributed by atoms with Crippen molar-refractivity contribution in [2.75, 3.05) is 6.61 Å². The molecule has 1 aromatic heterocycles. The third-order valence-electron chi connectivity index (χ3n) is 3.72. The summed E-state index contributed by atoms with van der Waals surface area (Å²) >= 11 is 0. The largest absolute Gasteiger partial charge is 0.419 e. The molecule has 3 rings (SSSR count). The van der Waals surface area contributed by atoms with Gasteiger partial charge in [0, 0.05) is 13.7 Å². The number of benzene rings is 1. The molecule has 1 aliphatic heterocycles. The fraction of sp³-hybridized carbons (Fsp3) is 0.500. The molecular formula is C14H17NO4. The first-order valence-corrected chi connectivity index (χ1v) is 6.56. The molecular weight excluding hydrogens is 246 g/mol. The number of oxazole rings is 1. The van der Waals surface area contributed by atoms with Crippen molar-refractivity contribution in [2.24, 2.45) is 7.05 Å². The first-order valence-electron chi connectivity index (χ1n) is 6.56. The zero-order valence-electron chi connectivity index (χ0n) is 10.8. The lowest BCUT2D eigenvalue weighted by Gasteiger charge is -2.27. The predicted octanol–water partition coefficient (Wildman–Crippen LogP) is 1.73. The SMILES string of the molecule is Cn1c(=O)oc2cc(C(O)C3CCCCO3)ccc21. The van der Waals surface area contributed by atoms with Crippen molar-refractivity contribution in [3.05, 3.63) is 34.3 Å². The molecule has 0 bridgehead atoms. The van der Waals surface area contributed by atoms with E-state index in [1.165, 1.54) is 4.57 Å². The van der Waals surface area contributed by atoms with E-state index in [1.807, 2.05) is 6.07 Å². The molecule has 0 saturated carbocycles. The number of aliphatic hydroxyl groups is 1. The monoisotopic (exact) mass is 263 g/mol. The molecule has 2 aromatic rings. The Morgan fingerprint density at radius 1 is 1.42 bits per heavy atom. The van der Waals surface area contributed by atoms with E-state index < -0.39 is 11.9 Å². The summed E-state index contributed by atoms with van der Waals surface area (Å²) in [6, 6.07) is 5.33. The van der Waals surface area contributed by atoms with E-state index >= 15 is 0 Å². The molecule has 5 heteroatoms. The lowest BCUT2D eigenvalue weighted by Crippen LogP contribution is -2.26. The molecule has 0 amide bonds. The topological polar surface area (TPSA) is 64.6 Å². The van der Waals surface area contributed by atoms with Crippen LogP contribution in [0.2, 0.25) is 0 Å². The van der Waals surface area contributed by atoms with Crippen LogP contribution >= 0.6 is 0 Å². The number of ether oxygens (including phenoxy) is 1. The molecule has 2 atom stereocenters. The van der Waals surface area contributed by atoms with Crippen LogP contribution in [0.5, 0.6) is 0 Å². The fourth-order valence-electron chi connectivity index (χ4n) is 2.56. The summed E-state index contributed by atoms with van der Waals surface area (Å²) in [6.07, 6.45) is 2.15. The van der Waals surface area contributed by atoms with Gasteiger partial charge in [-0.15, -0.1) is 0 Å². The van der Waals surface area contributed by atoms with E-state index in [9.17, 15) is 9.90 Å². The van der Waals surface area contributed by atoms with Gasteiger partial charge in [-0.3, -0.25) is 4.57 Å². The summed E-state index contributed by atoms with van der Waals surface area (Å²) in [7, 11) is 1.66. The van der Waals surface area contributed by atoms with Gasteiger partial charge in [0.15, 0.2) is 5.58 Å². The van der Waals surface area contributed by atoms with Gasteiger partial charge >= 0.3 is 5.76 Å². The third kappa shape index (κ3) is 2.19. The average Bonchev–Trinajstić information content (AvgIpc) is 2.74. The summed E-state index contributed by atoms with van der Waals surface area (Å²) < 4.78 is 12.2. The van der Waals surface area contributed by atoms with E-state index in [0.29, 0.717) is 12.2 Å². The molecule has 0 aliphatic carbocycles. The number of aryl methyl sites for hydroxylation is 1. The number of hydrogen-bond donors (Lipinski definition) is 1. The van der Waals surface area contributed by atoms with Gasteiger partial charge in [-0.2, -0.15) is 0 Å². The van der Waals surface area contributed by atoms with Crippen LogP contribution in [-0.2, 0) is 11.8 Å². The first-order chi connectivity index (χ1) is 9.16. The number of fused-ring (bicyclic) bond motifs is 1. The quantitative estimate of drug-likeness (QED) is 0.896. The molecule has 2 heterocycles.